The first kappa shape index (κ1) is 14.1. The molecule has 6 nitrogen and oxygen atoms in total. The zero-order chi connectivity index (χ0) is 16.2. The average Bonchev–Trinajstić information content (AvgIpc) is 3.10. The molecule has 0 radical (unpaired) electrons. The fourth-order valence-electron chi connectivity index (χ4n) is 5.89. The minimum atomic E-state index is -0.284. The van der Waals surface area contributed by atoms with Crippen LogP contribution >= 0.6 is 0 Å². The van der Waals surface area contributed by atoms with Crippen molar-refractivity contribution in [3.05, 3.63) is 37.1 Å². The van der Waals surface area contributed by atoms with Gasteiger partial charge in [-0.2, -0.15) is 5.10 Å². The third-order valence-corrected chi connectivity index (χ3v) is 6.32. The first-order chi connectivity index (χ1) is 11.7. The fraction of sp³-hybridized carbons (Fsp3) is 0.556. The Labute approximate surface area is 140 Å². The number of pyridine rings is 1. The molecule has 24 heavy (non-hydrogen) atoms. The lowest BCUT2D eigenvalue weighted by atomic mass is 9.46. The van der Waals surface area contributed by atoms with E-state index in [2.05, 4.69) is 20.4 Å². The molecule has 6 rings (SSSR count). The number of carbonyl (C=O) groups excluding carboxylic acids is 1. The van der Waals surface area contributed by atoms with E-state index >= 15 is 0 Å². The quantitative estimate of drug-likeness (QED) is 0.942. The Morgan fingerprint density at radius 1 is 1.21 bits per heavy atom. The lowest BCUT2D eigenvalue weighted by molar-refractivity contribution is -0.150. The Morgan fingerprint density at radius 2 is 2.04 bits per heavy atom. The van der Waals surface area contributed by atoms with Gasteiger partial charge < -0.3 is 5.32 Å². The highest BCUT2D eigenvalue weighted by atomic mass is 16.2. The molecule has 0 aliphatic heterocycles. The van der Waals surface area contributed by atoms with Crippen LogP contribution < -0.4 is 5.32 Å². The Bertz CT molecular complexity index is 743. The van der Waals surface area contributed by atoms with Crippen LogP contribution in [0.15, 0.2) is 37.1 Å². The smallest absolute Gasteiger partial charge is 0.231 e. The van der Waals surface area contributed by atoms with Crippen LogP contribution in [-0.4, -0.2) is 25.7 Å². The van der Waals surface area contributed by atoms with E-state index in [0.717, 1.165) is 32.1 Å². The SMILES string of the molecule is O=C(Nc1ccccn1)C12CC3CC(C1)CC(n1cncn1)(C3)C2. The Morgan fingerprint density at radius 3 is 2.71 bits per heavy atom. The van der Waals surface area contributed by atoms with E-state index in [1.165, 1.54) is 6.42 Å². The van der Waals surface area contributed by atoms with Gasteiger partial charge in [-0.3, -0.25) is 4.79 Å². The number of hydrogen-bond acceptors (Lipinski definition) is 4. The second-order valence-corrected chi connectivity index (χ2v) is 7.97. The van der Waals surface area contributed by atoms with Crippen LogP contribution in [-0.2, 0) is 10.3 Å². The minimum absolute atomic E-state index is 0.0258. The van der Waals surface area contributed by atoms with E-state index in [9.17, 15) is 4.79 Å². The number of hydrogen-bond donors (Lipinski definition) is 1. The minimum Gasteiger partial charge on any atom is -0.310 e. The van der Waals surface area contributed by atoms with Gasteiger partial charge in [-0.05, 0) is 62.5 Å². The summed E-state index contributed by atoms with van der Waals surface area (Å²) in [6.45, 7) is 0. The molecule has 2 unspecified atom stereocenters. The highest BCUT2D eigenvalue weighted by Gasteiger charge is 2.61. The van der Waals surface area contributed by atoms with Crippen LogP contribution in [0.2, 0.25) is 0 Å². The maximum atomic E-state index is 13.2. The van der Waals surface area contributed by atoms with Gasteiger partial charge in [0.2, 0.25) is 5.91 Å². The summed E-state index contributed by atoms with van der Waals surface area (Å²) < 4.78 is 2.03. The molecule has 2 aromatic heterocycles. The third-order valence-electron chi connectivity index (χ3n) is 6.32. The lowest BCUT2D eigenvalue weighted by Crippen LogP contribution is -2.60. The van der Waals surface area contributed by atoms with E-state index in [1.54, 1.807) is 12.5 Å². The zero-order valence-corrected chi connectivity index (χ0v) is 13.6. The van der Waals surface area contributed by atoms with E-state index in [0.29, 0.717) is 17.7 Å². The van der Waals surface area contributed by atoms with E-state index < -0.39 is 0 Å². The van der Waals surface area contributed by atoms with Crippen molar-refractivity contribution in [3.8, 4) is 0 Å². The van der Waals surface area contributed by atoms with Gasteiger partial charge in [0.15, 0.2) is 0 Å². The number of nitrogens with one attached hydrogen (secondary N) is 1. The standard InChI is InChI=1S/C18H21N5O/c24-16(22-15-3-1-2-4-20-15)17-6-13-5-14(7-17)9-18(8-13,10-17)23-12-19-11-21-23/h1-4,11-14H,5-10H2,(H,20,22,24). The summed E-state index contributed by atoms with van der Waals surface area (Å²) in [7, 11) is 0. The predicted octanol–water partition coefficient (Wildman–Crippen LogP) is 2.61. The van der Waals surface area contributed by atoms with Gasteiger partial charge in [0.1, 0.15) is 18.5 Å². The third kappa shape index (κ3) is 2.01. The molecule has 0 spiro atoms. The van der Waals surface area contributed by atoms with Crippen molar-refractivity contribution in [2.24, 2.45) is 17.3 Å². The van der Waals surface area contributed by atoms with Gasteiger partial charge >= 0.3 is 0 Å². The van der Waals surface area contributed by atoms with Crippen molar-refractivity contribution in [2.45, 2.75) is 44.1 Å². The molecular weight excluding hydrogens is 302 g/mol. The lowest BCUT2D eigenvalue weighted by Gasteiger charge is -2.60. The van der Waals surface area contributed by atoms with Crippen LogP contribution in [0.1, 0.15) is 38.5 Å². The van der Waals surface area contributed by atoms with E-state index in [-0.39, 0.29) is 16.9 Å². The second-order valence-electron chi connectivity index (χ2n) is 7.97. The topological polar surface area (TPSA) is 72.7 Å². The molecule has 1 N–H and O–H groups in total. The summed E-state index contributed by atoms with van der Waals surface area (Å²) in [5.74, 6) is 2.02. The summed E-state index contributed by atoms with van der Waals surface area (Å²) >= 11 is 0. The highest BCUT2D eigenvalue weighted by Crippen LogP contribution is 2.64. The summed E-state index contributed by atoms with van der Waals surface area (Å²) in [6, 6.07) is 5.62. The van der Waals surface area contributed by atoms with Gasteiger partial charge in [-0.15, -0.1) is 0 Å². The van der Waals surface area contributed by atoms with Gasteiger partial charge in [0.25, 0.3) is 0 Å². The van der Waals surface area contributed by atoms with Crippen LogP contribution in [0.5, 0.6) is 0 Å². The molecule has 4 saturated carbocycles. The monoisotopic (exact) mass is 323 g/mol. The number of nitrogens with zero attached hydrogens (tertiary/aromatic N) is 4. The van der Waals surface area contributed by atoms with Crippen LogP contribution in [0, 0.1) is 17.3 Å². The van der Waals surface area contributed by atoms with E-state index in [1.807, 2.05) is 29.2 Å². The maximum Gasteiger partial charge on any atom is 0.231 e. The number of amides is 1. The van der Waals surface area contributed by atoms with Crippen molar-refractivity contribution < 1.29 is 4.79 Å². The summed E-state index contributed by atoms with van der Waals surface area (Å²) in [6.07, 6.45) is 11.5. The molecule has 2 heterocycles. The number of carbonyl (C=O) groups is 1. The predicted molar refractivity (Wildman–Crippen MR) is 88.0 cm³/mol. The van der Waals surface area contributed by atoms with Gasteiger partial charge in [0, 0.05) is 6.20 Å². The molecule has 0 aromatic carbocycles. The van der Waals surface area contributed by atoms with Crippen LogP contribution in [0.25, 0.3) is 0 Å². The molecule has 4 aliphatic carbocycles. The van der Waals surface area contributed by atoms with Gasteiger partial charge in [0.05, 0.1) is 11.0 Å². The summed E-state index contributed by atoms with van der Waals surface area (Å²) in [5.41, 5.74) is -0.310. The molecule has 4 aliphatic rings. The van der Waals surface area contributed by atoms with Crippen molar-refractivity contribution in [3.63, 3.8) is 0 Å². The Kier molecular flexibility index (Phi) is 2.87. The van der Waals surface area contributed by atoms with Crippen molar-refractivity contribution in [1.29, 1.82) is 0 Å². The Hall–Kier alpha value is -2.24. The molecule has 0 saturated heterocycles. The molecule has 4 fully saturated rings. The molecule has 2 aromatic rings. The van der Waals surface area contributed by atoms with Crippen LogP contribution in [0.4, 0.5) is 5.82 Å². The maximum absolute atomic E-state index is 13.2. The largest absolute Gasteiger partial charge is 0.310 e. The number of rotatable bonds is 3. The zero-order valence-electron chi connectivity index (χ0n) is 13.6. The van der Waals surface area contributed by atoms with Crippen molar-refractivity contribution in [2.75, 3.05) is 5.32 Å². The fourth-order valence-corrected chi connectivity index (χ4v) is 5.89. The van der Waals surface area contributed by atoms with Gasteiger partial charge in [-0.25, -0.2) is 14.6 Å². The highest BCUT2D eigenvalue weighted by molar-refractivity contribution is 5.95. The second kappa shape index (κ2) is 4.88. The van der Waals surface area contributed by atoms with Crippen molar-refractivity contribution in [1.82, 2.24) is 19.7 Å². The molecular formula is C18H21N5O. The Balaban J connectivity index is 1.48. The van der Waals surface area contributed by atoms with Crippen LogP contribution in [0.3, 0.4) is 0 Å². The first-order valence-corrected chi connectivity index (χ1v) is 8.75. The normalized spacial score (nSPS) is 36.7. The first-order valence-electron chi connectivity index (χ1n) is 8.75. The summed E-state index contributed by atoms with van der Waals surface area (Å²) in [5, 5.41) is 7.51. The summed E-state index contributed by atoms with van der Waals surface area (Å²) in [4.78, 5) is 21.6. The molecule has 124 valence electrons. The van der Waals surface area contributed by atoms with E-state index in [4.69, 9.17) is 0 Å². The molecule has 6 heteroatoms. The number of anilines is 1. The number of aromatic nitrogens is 4. The van der Waals surface area contributed by atoms with Gasteiger partial charge in [-0.1, -0.05) is 6.07 Å². The van der Waals surface area contributed by atoms with Crippen molar-refractivity contribution >= 4 is 11.7 Å². The average molecular weight is 323 g/mol. The molecule has 1 amide bonds. The molecule has 4 bridgehead atoms. The molecule has 2 atom stereocenters.